The van der Waals surface area contributed by atoms with Gasteiger partial charge in [-0.15, -0.1) is 0 Å². The van der Waals surface area contributed by atoms with Crippen molar-refractivity contribution in [2.75, 3.05) is 39.8 Å². The van der Waals surface area contributed by atoms with Gasteiger partial charge in [-0.3, -0.25) is 4.79 Å². The summed E-state index contributed by atoms with van der Waals surface area (Å²) in [7, 11) is 2.10. The van der Waals surface area contributed by atoms with Crippen molar-refractivity contribution in [1.29, 1.82) is 0 Å². The smallest absolute Gasteiger partial charge is 0.236 e. The highest BCUT2D eigenvalue weighted by Crippen LogP contribution is 2.15. The molecule has 2 aromatic carbocycles. The molecule has 2 aromatic rings. The van der Waals surface area contributed by atoms with E-state index in [1.165, 1.54) is 5.56 Å². The van der Waals surface area contributed by atoms with Crippen LogP contribution >= 0.6 is 0 Å². The Bertz CT molecular complexity index is 725. The highest BCUT2D eigenvalue weighted by molar-refractivity contribution is 5.78. The van der Waals surface area contributed by atoms with E-state index in [0.717, 1.165) is 43.9 Å². The molecule has 1 saturated heterocycles. The van der Waals surface area contributed by atoms with E-state index in [-0.39, 0.29) is 11.9 Å². The topological polar surface area (TPSA) is 44.8 Å². The summed E-state index contributed by atoms with van der Waals surface area (Å²) >= 11 is 0. The second-order valence-corrected chi connectivity index (χ2v) is 7.59. The molecule has 1 aliphatic heterocycles. The van der Waals surface area contributed by atoms with Crippen LogP contribution in [0.1, 0.15) is 18.1 Å². The molecule has 3 rings (SSSR count). The van der Waals surface area contributed by atoms with Crippen LogP contribution in [0.2, 0.25) is 0 Å². The lowest BCUT2D eigenvalue weighted by atomic mass is 10.1. The Hall–Kier alpha value is -2.37. The summed E-state index contributed by atoms with van der Waals surface area (Å²) in [5.74, 6) is 1.07. The van der Waals surface area contributed by atoms with E-state index < -0.39 is 0 Å². The SMILES string of the molecule is C[C@H](Cc1ccc(OCc2ccccc2)cc1)NCC(=O)N1CCN(C)CC1. The molecule has 150 valence electrons. The quantitative estimate of drug-likeness (QED) is 0.763. The minimum Gasteiger partial charge on any atom is -0.489 e. The lowest BCUT2D eigenvalue weighted by molar-refractivity contribution is -0.131. The first-order valence-corrected chi connectivity index (χ1v) is 10.1. The third-order valence-electron chi connectivity index (χ3n) is 5.17. The molecule has 0 aliphatic carbocycles. The minimum atomic E-state index is 0.199. The molecule has 0 bridgehead atoms. The van der Waals surface area contributed by atoms with Gasteiger partial charge in [-0.1, -0.05) is 42.5 Å². The fraction of sp³-hybridized carbons (Fsp3) is 0.435. The summed E-state index contributed by atoms with van der Waals surface area (Å²) in [6, 6.07) is 18.6. The number of carbonyl (C=O) groups excluding carboxylic acids is 1. The van der Waals surface area contributed by atoms with E-state index in [0.29, 0.717) is 13.2 Å². The number of benzene rings is 2. The molecule has 1 aliphatic rings. The highest BCUT2D eigenvalue weighted by Gasteiger charge is 2.19. The zero-order valence-corrected chi connectivity index (χ0v) is 16.9. The van der Waals surface area contributed by atoms with E-state index in [2.05, 4.69) is 48.5 Å². The molecule has 5 nitrogen and oxygen atoms in total. The van der Waals surface area contributed by atoms with Gasteiger partial charge in [-0.25, -0.2) is 0 Å². The summed E-state index contributed by atoms with van der Waals surface area (Å²) in [6.07, 6.45) is 0.884. The van der Waals surface area contributed by atoms with Crippen molar-refractivity contribution in [2.24, 2.45) is 0 Å². The first-order valence-electron chi connectivity index (χ1n) is 10.1. The molecule has 1 fully saturated rings. The van der Waals surface area contributed by atoms with Gasteiger partial charge in [-0.2, -0.15) is 0 Å². The standard InChI is InChI=1S/C23H31N3O2/c1-19(24-17-23(27)26-14-12-25(2)13-15-26)16-20-8-10-22(11-9-20)28-18-21-6-4-3-5-7-21/h3-11,19,24H,12-18H2,1-2H3/t19-/m1/s1. The first kappa shape index (κ1) is 20.4. The van der Waals surface area contributed by atoms with Gasteiger partial charge < -0.3 is 19.9 Å². The van der Waals surface area contributed by atoms with Crippen molar-refractivity contribution in [1.82, 2.24) is 15.1 Å². The second-order valence-electron chi connectivity index (χ2n) is 7.59. The van der Waals surface area contributed by atoms with Gasteiger partial charge >= 0.3 is 0 Å². The van der Waals surface area contributed by atoms with Crippen LogP contribution in [0.3, 0.4) is 0 Å². The molecule has 0 aromatic heterocycles. The normalized spacial score (nSPS) is 16.0. The number of nitrogens with zero attached hydrogens (tertiary/aromatic N) is 2. The van der Waals surface area contributed by atoms with Crippen LogP contribution in [0.25, 0.3) is 0 Å². The Morgan fingerprint density at radius 1 is 1.00 bits per heavy atom. The van der Waals surface area contributed by atoms with E-state index in [9.17, 15) is 4.79 Å². The maximum absolute atomic E-state index is 12.3. The van der Waals surface area contributed by atoms with Crippen LogP contribution in [0.5, 0.6) is 5.75 Å². The van der Waals surface area contributed by atoms with Crippen LogP contribution in [0, 0.1) is 0 Å². The van der Waals surface area contributed by atoms with E-state index >= 15 is 0 Å². The highest BCUT2D eigenvalue weighted by atomic mass is 16.5. The number of piperazine rings is 1. The van der Waals surface area contributed by atoms with Gasteiger partial charge in [0, 0.05) is 32.2 Å². The Kier molecular flexibility index (Phi) is 7.46. The van der Waals surface area contributed by atoms with E-state index in [1.54, 1.807) is 0 Å². The Morgan fingerprint density at radius 2 is 1.68 bits per heavy atom. The summed E-state index contributed by atoms with van der Waals surface area (Å²) < 4.78 is 5.84. The molecule has 5 heteroatoms. The fourth-order valence-electron chi connectivity index (χ4n) is 3.32. The number of ether oxygens (including phenoxy) is 1. The van der Waals surface area contributed by atoms with Crippen molar-refractivity contribution in [3.05, 3.63) is 65.7 Å². The molecule has 0 saturated carbocycles. The van der Waals surface area contributed by atoms with Crippen molar-refractivity contribution in [3.8, 4) is 5.75 Å². The van der Waals surface area contributed by atoms with Gasteiger partial charge in [-0.05, 0) is 43.7 Å². The summed E-state index contributed by atoms with van der Waals surface area (Å²) in [5, 5.41) is 3.36. The number of hydrogen-bond donors (Lipinski definition) is 1. The molecular weight excluding hydrogens is 350 g/mol. The molecule has 0 spiro atoms. The summed E-state index contributed by atoms with van der Waals surface area (Å²) in [5.41, 5.74) is 2.40. The molecule has 1 amide bonds. The number of rotatable bonds is 8. The zero-order valence-electron chi connectivity index (χ0n) is 16.9. The average molecular weight is 382 g/mol. The van der Waals surface area contributed by atoms with Gasteiger partial charge in [0.1, 0.15) is 12.4 Å². The molecule has 0 unspecified atom stereocenters. The third kappa shape index (κ3) is 6.36. The first-order chi connectivity index (χ1) is 13.6. The van der Waals surface area contributed by atoms with Gasteiger partial charge in [0.05, 0.1) is 6.54 Å². The van der Waals surface area contributed by atoms with Gasteiger partial charge in [0.15, 0.2) is 0 Å². The van der Waals surface area contributed by atoms with Crippen molar-refractivity contribution in [2.45, 2.75) is 26.0 Å². The second kappa shape index (κ2) is 10.2. The molecule has 1 heterocycles. The molecule has 28 heavy (non-hydrogen) atoms. The Labute approximate surface area is 168 Å². The number of amides is 1. The van der Waals surface area contributed by atoms with Crippen molar-refractivity contribution < 1.29 is 9.53 Å². The number of carbonyl (C=O) groups is 1. The Balaban J connectivity index is 1.39. The van der Waals surface area contributed by atoms with E-state index in [1.807, 2.05) is 35.2 Å². The Morgan fingerprint density at radius 3 is 2.36 bits per heavy atom. The maximum Gasteiger partial charge on any atom is 0.236 e. The third-order valence-corrected chi connectivity index (χ3v) is 5.17. The van der Waals surface area contributed by atoms with Crippen LogP contribution in [-0.2, 0) is 17.8 Å². The lowest BCUT2D eigenvalue weighted by Gasteiger charge is -2.32. The fourth-order valence-corrected chi connectivity index (χ4v) is 3.32. The van der Waals surface area contributed by atoms with Crippen molar-refractivity contribution in [3.63, 3.8) is 0 Å². The van der Waals surface area contributed by atoms with E-state index in [4.69, 9.17) is 4.74 Å². The monoisotopic (exact) mass is 381 g/mol. The molecular formula is C23H31N3O2. The lowest BCUT2D eigenvalue weighted by Crippen LogP contribution is -2.50. The largest absolute Gasteiger partial charge is 0.489 e. The number of likely N-dealkylation sites (N-methyl/N-ethyl adjacent to an activating group) is 1. The zero-order chi connectivity index (χ0) is 19.8. The minimum absolute atomic E-state index is 0.199. The molecule has 1 N–H and O–H groups in total. The summed E-state index contributed by atoms with van der Waals surface area (Å²) in [4.78, 5) is 16.5. The maximum atomic E-state index is 12.3. The van der Waals surface area contributed by atoms with Crippen molar-refractivity contribution >= 4 is 5.91 Å². The van der Waals surface area contributed by atoms with Crippen LogP contribution in [0.15, 0.2) is 54.6 Å². The number of nitrogens with one attached hydrogen (secondary N) is 1. The van der Waals surface area contributed by atoms with Gasteiger partial charge in [0.2, 0.25) is 5.91 Å². The van der Waals surface area contributed by atoms with Crippen LogP contribution < -0.4 is 10.1 Å². The summed E-state index contributed by atoms with van der Waals surface area (Å²) in [6.45, 7) is 6.68. The predicted octanol–water partition coefficient (Wildman–Crippen LogP) is 2.56. The average Bonchev–Trinajstić information content (AvgIpc) is 2.73. The molecule has 0 radical (unpaired) electrons. The number of hydrogen-bond acceptors (Lipinski definition) is 4. The van der Waals surface area contributed by atoms with Gasteiger partial charge in [0.25, 0.3) is 0 Å². The molecule has 1 atom stereocenters. The predicted molar refractivity (Wildman–Crippen MR) is 112 cm³/mol. The van der Waals surface area contributed by atoms with Crippen LogP contribution in [-0.4, -0.2) is 61.5 Å². The van der Waals surface area contributed by atoms with Crippen LogP contribution in [0.4, 0.5) is 0 Å².